The molecule has 0 radical (unpaired) electrons. The Kier molecular flexibility index (Phi) is 37.8. The van der Waals surface area contributed by atoms with Crippen LogP contribution in [0.1, 0.15) is 48.5 Å². The number of rotatable bonds is 33. The zero-order valence-corrected chi connectivity index (χ0v) is 69.6. The highest BCUT2D eigenvalue weighted by atomic mass is 16.8. The summed E-state index contributed by atoms with van der Waals surface area (Å²) in [5.74, 6) is -5.46. The number of hydrogen-bond donors (Lipinski definition) is 31. The highest BCUT2D eigenvalue weighted by molar-refractivity contribution is 5.75. The highest BCUT2D eigenvalue weighted by Gasteiger charge is 2.62. The maximum atomic E-state index is 13.4. The number of carbonyl (C=O) groups is 6. The van der Waals surface area contributed by atoms with Gasteiger partial charge in [-0.05, 0) is 6.92 Å². The summed E-state index contributed by atoms with van der Waals surface area (Å²) in [7, 11) is 0. The lowest BCUT2D eigenvalue weighted by molar-refractivity contribution is -0.403. The summed E-state index contributed by atoms with van der Waals surface area (Å²) < 4.78 is 115. The molecule has 10 heterocycles. The van der Waals surface area contributed by atoms with Gasteiger partial charge in [-0.3, -0.25) is 28.8 Å². The quantitative estimate of drug-likeness (QED) is 0.0290. The minimum atomic E-state index is -2.70. The van der Waals surface area contributed by atoms with E-state index in [4.69, 9.17) is 90.0 Å². The lowest BCUT2D eigenvalue weighted by Gasteiger charge is -2.52. The number of hydrogen-bond acceptors (Lipinski definition) is 50. The molecule has 0 aromatic carbocycles. The standard InChI is InChI=1S/C72H120N6O50/c1-17-39(91)52(104)54(106)69(113-17)111-16-32-59(50(102)33(63(109)114-32)73-18(2)85)124-68-38(78-23(7)90)51(103)57(28(12-83)119-68)125-70-56(108)60(126-72-62(128-67-37(77-22(6)89)49(101)43(95)27(11-82)118-67)55(107)58(29(13-84)120-72)123-65-35(75-20(4)87)47(99)41(93)25(9-80)116-65)45(97)31(121-70)15-112-71-61(127-66-36(76-21(5)88)48(100)42(94)26(10-81)117-66)53(105)44(96)30(122-71)14-110-64-34(74-19(3)86)46(98)40(92)24(8-79)115-64/h17,24-72,79-84,91-109H,8-16H2,1-7H3,(H,73,85)(H,74,86)(H,75,87)(H,76,88)(H,77,89)(H,78,90)/t17-,24+,25+,26+,27+,28+,29+,30+,31+,32+,33+,34+,35+,36+,37+,38+,39+,40+,41+,42+,43+,44+,45+,46+,47+,48+,49+,50+,51+,52-,53-,54-,55-,56-,57+,58+,59+,60-,61-,62-,63+,64+,65-,66-,67-,68-,69+,70-,71-,72+/m0/s1. The predicted octanol–water partition coefficient (Wildman–Crippen LogP) is -20.9. The maximum Gasteiger partial charge on any atom is 0.217 e. The van der Waals surface area contributed by atoms with Gasteiger partial charge in [0.1, 0.15) is 238 Å². The molecule has 50 atom stereocenters. The van der Waals surface area contributed by atoms with Crippen LogP contribution < -0.4 is 31.9 Å². The van der Waals surface area contributed by atoms with Crippen LogP contribution in [0.2, 0.25) is 0 Å². The number of aliphatic hydroxyl groups is 25. The average Bonchev–Trinajstić information content (AvgIpc) is 0.759. The van der Waals surface area contributed by atoms with Gasteiger partial charge in [-0.2, -0.15) is 0 Å². The summed E-state index contributed by atoms with van der Waals surface area (Å²) in [6.45, 7) is -2.95. The van der Waals surface area contributed by atoms with Gasteiger partial charge in [0.2, 0.25) is 35.4 Å². The van der Waals surface area contributed by atoms with Gasteiger partial charge in [-0.1, -0.05) is 0 Å². The normalized spacial score (nSPS) is 47.8. The van der Waals surface area contributed by atoms with E-state index < -0.39 is 402 Å². The second-order valence-corrected chi connectivity index (χ2v) is 32.5. The van der Waals surface area contributed by atoms with Gasteiger partial charge in [-0.25, -0.2) is 0 Å². The molecule has 56 nitrogen and oxygen atoms in total. The second kappa shape index (κ2) is 46.1. The molecule has 0 bridgehead atoms. The van der Waals surface area contributed by atoms with E-state index in [9.17, 15) is 156 Å². The lowest BCUT2D eigenvalue weighted by Crippen LogP contribution is -2.71. The molecule has 0 spiro atoms. The fraction of sp³-hybridized carbons (Fsp3) is 0.917. The van der Waals surface area contributed by atoms with Crippen molar-refractivity contribution in [2.75, 3.05) is 59.5 Å². The topological polar surface area (TPSA) is 856 Å². The van der Waals surface area contributed by atoms with E-state index in [2.05, 4.69) is 31.9 Å². The molecule has 0 unspecified atom stereocenters. The van der Waals surface area contributed by atoms with Crippen LogP contribution in [0, 0.1) is 0 Å². The van der Waals surface area contributed by atoms with E-state index in [1.807, 2.05) is 0 Å². The summed E-state index contributed by atoms with van der Waals surface area (Å²) >= 11 is 0. The number of nitrogens with one attached hydrogen (secondary N) is 6. The molecular weight excluding hydrogens is 1750 g/mol. The molecule has 0 saturated carbocycles. The molecule has 10 aliphatic rings. The Morgan fingerprint density at radius 2 is 0.500 bits per heavy atom. The predicted molar refractivity (Wildman–Crippen MR) is 398 cm³/mol. The van der Waals surface area contributed by atoms with Gasteiger partial charge in [0.25, 0.3) is 0 Å². The summed E-state index contributed by atoms with van der Waals surface area (Å²) in [6, 6.07) is -11.1. The molecule has 10 saturated heterocycles. The van der Waals surface area contributed by atoms with Crippen molar-refractivity contribution in [1.82, 2.24) is 31.9 Å². The van der Waals surface area contributed by atoms with E-state index in [-0.39, 0.29) is 0 Å². The third kappa shape index (κ3) is 23.9. The first-order valence-electron chi connectivity index (χ1n) is 41.0. The van der Waals surface area contributed by atoms with Crippen LogP contribution in [0.25, 0.3) is 0 Å². The zero-order chi connectivity index (χ0) is 94.4. The number of aliphatic hydroxyl groups excluding tert-OH is 25. The fourth-order valence-corrected chi connectivity index (χ4v) is 16.5. The fourth-order valence-electron chi connectivity index (χ4n) is 16.5. The summed E-state index contributed by atoms with van der Waals surface area (Å²) in [4.78, 5) is 76.7. The molecule has 10 rings (SSSR count). The minimum Gasteiger partial charge on any atom is -0.394 e. The van der Waals surface area contributed by atoms with Gasteiger partial charge in [0, 0.05) is 41.5 Å². The van der Waals surface area contributed by atoms with Gasteiger partial charge in [0.15, 0.2) is 62.9 Å². The Balaban J connectivity index is 1.05. The number of ether oxygens (including phenoxy) is 19. The average molecular weight is 1870 g/mol. The van der Waals surface area contributed by atoms with E-state index in [1.165, 1.54) is 6.92 Å². The maximum absolute atomic E-state index is 13.4. The van der Waals surface area contributed by atoms with Gasteiger partial charge < -0.3 is 250 Å². The lowest BCUT2D eigenvalue weighted by atomic mass is 9.93. The summed E-state index contributed by atoms with van der Waals surface area (Å²) in [5, 5.41) is 298. The second-order valence-electron chi connectivity index (χ2n) is 32.5. The largest absolute Gasteiger partial charge is 0.394 e. The smallest absolute Gasteiger partial charge is 0.217 e. The van der Waals surface area contributed by atoms with Crippen LogP contribution in [0.5, 0.6) is 0 Å². The highest BCUT2D eigenvalue weighted by Crippen LogP contribution is 2.41. The van der Waals surface area contributed by atoms with Crippen LogP contribution in [-0.4, -0.2) is 529 Å². The van der Waals surface area contributed by atoms with E-state index in [1.54, 1.807) is 0 Å². The third-order valence-electron chi connectivity index (χ3n) is 23.2. The van der Waals surface area contributed by atoms with Crippen molar-refractivity contribution >= 4 is 35.4 Å². The molecule has 0 aromatic heterocycles. The Labute approximate surface area is 726 Å². The Morgan fingerprint density at radius 1 is 0.219 bits per heavy atom. The third-order valence-corrected chi connectivity index (χ3v) is 23.2. The zero-order valence-electron chi connectivity index (χ0n) is 69.6. The first-order valence-corrected chi connectivity index (χ1v) is 41.0. The van der Waals surface area contributed by atoms with Crippen molar-refractivity contribution in [3.05, 3.63) is 0 Å². The van der Waals surface area contributed by atoms with Gasteiger partial charge >= 0.3 is 0 Å². The SMILES string of the molecule is CC(=O)N[C@@H]1[C@@H](O)[C@H](O[C@@H]2O[C@H](CO)[C@@H](O[C@@H]3O[C@H](CO[C@H]4O[C@H](CO[C@@H]5O[C@H](CO)[C@@H](O)[C@H](O)[C@H]5NC(C)=O)[C@@H](O)[C@H](O)[C@@H]4O[C@@H]4O[C@H](CO)[C@@H](O)[C@H](O)[C@H]4NC(C)=O)[C@@H](O)[C@H](O[C@H]4O[C@H](CO)[C@@H](O[C@@H]5O[C@H](CO)[C@@H](O)[C@H](O)[C@H]5NC(C)=O)[C@H](O)[C@@H]4O[C@@H]4O[C@H](CO)[C@@H](O)[C@H](O)[C@H]4NC(C)=O)[C@@H]3O)[C@H](O)[C@H]2NC(C)=O)[C@@H](CO[C@@H]2O[C@@H](C)[C@@H](O)[C@H](O)[C@@H]2O)O[C@H]1O. The first-order chi connectivity index (χ1) is 60.4. The van der Waals surface area contributed by atoms with Crippen molar-refractivity contribution in [1.29, 1.82) is 0 Å². The molecule has 0 aliphatic carbocycles. The van der Waals surface area contributed by atoms with Crippen LogP contribution in [-0.2, 0) is 119 Å². The first kappa shape index (κ1) is 105. The van der Waals surface area contributed by atoms with Crippen molar-refractivity contribution in [2.45, 2.75) is 355 Å². The Hall–Kier alpha value is -4.94. The van der Waals surface area contributed by atoms with Crippen LogP contribution >= 0.6 is 0 Å². The molecule has 738 valence electrons. The molecule has 56 heteroatoms. The van der Waals surface area contributed by atoms with Crippen LogP contribution in [0.4, 0.5) is 0 Å². The molecule has 6 amide bonds. The van der Waals surface area contributed by atoms with Crippen LogP contribution in [0.3, 0.4) is 0 Å². The minimum absolute atomic E-state index is 0.823. The van der Waals surface area contributed by atoms with Crippen molar-refractivity contribution in [3.8, 4) is 0 Å². The van der Waals surface area contributed by atoms with E-state index in [0.29, 0.717) is 0 Å². The monoisotopic (exact) mass is 1870 g/mol. The molecule has 10 aliphatic heterocycles. The Morgan fingerprint density at radius 3 is 0.922 bits per heavy atom. The van der Waals surface area contributed by atoms with Gasteiger partial charge in [-0.15, -0.1) is 0 Å². The van der Waals surface area contributed by atoms with Crippen molar-refractivity contribution in [2.24, 2.45) is 0 Å². The molecule has 31 N–H and O–H groups in total. The van der Waals surface area contributed by atoms with Gasteiger partial charge in [0.05, 0.1) is 65.6 Å². The molecule has 10 fully saturated rings. The van der Waals surface area contributed by atoms with E-state index in [0.717, 1.165) is 41.5 Å². The van der Waals surface area contributed by atoms with Crippen LogP contribution in [0.15, 0.2) is 0 Å². The molecule has 128 heavy (non-hydrogen) atoms. The number of amides is 6. The summed E-state index contributed by atoms with van der Waals surface area (Å²) in [6.07, 6.45) is -92.5. The molecular formula is C72H120N6O50. The molecule has 0 aromatic rings. The van der Waals surface area contributed by atoms with E-state index >= 15 is 0 Å². The Bertz CT molecular complexity index is 3550. The number of carbonyl (C=O) groups excluding carboxylic acids is 6. The van der Waals surface area contributed by atoms with Crippen molar-refractivity contribution < 1.29 is 246 Å². The summed E-state index contributed by atoms with van der Waals surface area (Å²) in [5.41, 5.74) is 0. The van der Waals surface area contributed by atoms with Crippen molar-refractivity contribution in [3.63, 3.8) is 0 Å².